The van der Waals surface area contributed by atoms with Crippen LogP contribution >= 0.6 is 0 Å². The number of rotatable bonds is 6. The zero-order valence-corrected chi connectivity index (χ0v) is 11.9. The Hall–Kier alpha value is -3.08. The highest BCUT2D eigenvalue weighted by atomic mass is 16.5. The molecule has 0 aliphatic rings. The average molecular weight is 297 g/mol. The van der Waals surface area contributed by atoms with Gasteiger partial charge in [-0.15, -0.1) is 0 Å². The van der Waals surface area contributed by atoms with Crippen LogP contribution in [-0.2, 0) is 4.79 Å². The molecule has 0 radical (unpaired) electrons. The summed E-state index contributed by atoms with van der Waals surface area (Å²) >= 11 is 0. The first-order valence-electron chi connectivity index (χ1n) is 6.55. The van der Waals surface area contributed by atoms with Crippen LogP contribution in [0.25, 0.3) is 0 Å². The third-order valence-corrected chi connectivity index (χ3v) is 2.93. The molecular weight excluding hydrogens is 282 g/mol. The van der Waals surface area contributed by atoms with E-state index in [4.69, 9.17) is 4.74 Å². The van der Waals surface area contributed by atoms with Crippen LogP contribution in [0.15, 0.2) is 66.4 Å². The predicted molar refractivity (Wildman–Crippen MR) is 83.1 cm³/mol. The number of carbonyl (C=O) groups excluding carboxylic acids is 1. The highest BCUT2D eigenvalue weighted by Gasteiger charge is 2.11. The topological polar surface area (TPSA) is 75.6 Å². The van der Waals surface area contributed by atoms with Crippen LogP contribution in [0, 0.1) is 0 Å². The summed E-state index contributed by atoms with van der Waals surface area (Å²) in [5.74, 6) is -0.976. The van der Waals surface area contributed by atoms with Gasteiger partial charge in [0.2, 0.25) is 0 Å². The summed E-state index contributed by atoms with van der Waals surface area (Å²) in [5.41, 5.74) is 0.792. The minimum atomic E-state index is -1.20. The molecule has 0 amide bonds. The Balaban J connectivity index is 2.21. The summed E-state index contributed by atoms with van der Waals surface area (Å²) < 4.78 is 5.01. The molecule has 0 aliphatic heterocycles. The van der Waals surface area contributed by atoms with E-state index in [1.807, 2.05) is 6.07 Å². The fourth-order valence-electron chi connectivity index (χ4n) is 1.80. The Morgan fingerprint density at radius 3 is 2.23 bits per heavy atom. The van der Waals surface area contributed by atoms with Gasteiger partial charge in [0.15, 0.2) is 5.78 Å². The molecule has 22 heavy (non-hydrogen) atoms. The molecule has 0 bridgehead atoms. The second kappa shape index (κ2) is 7.08. The van der Waals surface area contributed by atoms with Crippen molar-refractivity contribution in [3.63, 3.8) is 0 Å². The zero-order valence-electron chi connectivity index (χ0n) is 11.9. The first-order chi connectivity index (χ1) is 10.6. The second-order valence-corrected chi connectivity index (χ2v) is 4.45. The van der Waals surface area contributed by atoms with E-state index in [2.05, 4.69) is 5.32 Å². The Morgan fingerprint density at radius 1 is 1.05 bits per heavy atom. The minimum absolute atomic E-state index is 0.188. The van der Waals surface area contributed by atoms with E-state index in [0.717, 1.165) is 6.08 Å². The number of para-hydroxylation sites is 1. The van der Waals surface area contributed by atoms with Crippen molar-refractivity contribution in [3.8, 4) is 5.75 Å². The molecule has 0 saturated heterocycles. The highest BCUT2D eigenvalue weighted by Crippen LogP contribution is 2.14. The molecule has 2 rings (SSSR count). The van der Waals surface area contributed by atoms with Crippen molar-refractivity contribution in [3.05, 3.63) is 71.9 Å². The number of carboxylic acids is 1. The Bertz CT molecular complexity index is 690. The van der Waals surface area contributed by atoms with E-state index in [-0.39, 0.29) is 5.70 Å². The van der Waals surface area contributed by atoms with Crippen LogP contribution in [-0.4, -0.2) is 24.0 Å². The van der Waals surface area contributed by atoms with Crippen molar-refractivity contribution in [2.24, 2.45) is 0 Å². The van der Waals surface area contributed by atoms with Gasteiger partial charge in [0, 0.05) is 17.3 Å². The molecule has 0 aliphatic carbocycles. The van der Waals surface area contributed by atoms with E-state index in [9.17, 15) is 14.7 Å². The summed E-state index contributed by atoms with van der Waals surface area (Å²) in [6.45, 7) is 0. The lowest BCUT2D eigenvalue weighted by atomic mass is 10.1. The molecule has 0 unspecified atom stereocenters. The fourth-order valence-corrected chi connectivity index (χ4v) is 1.80. The summed E-state index contributed by atoms with van der Waals surface area (Å²) in [7, 11) is 1.53. The zero-order chi connectivity index (χ0) is 15.9. The van der Waals surface area contributed by atoms with Crippen LogP contribution in [0.4, 0.5) is 5.69 Å². The lowest BCUT2D eigenvalue weighted by Crippen LogP contribution is -2.12. The lowest BCUT2D eigenvalue weighted by Gasteiger charge is -2.07. The van der Waals surface area contributed by atoms with Crippen LogP contribution in [0.3, 0.4) is 0 Å². The molecule has 0 fully saturated rings. The highest BCUT2D eigenvalue weighted by molar-refractivity contribution is 6.09. The van der Waals surface area contributed by atoms with E-state index in [1.54, 1.807) is 48.5 Å². The summed E-state index contributed by atoms with van der Waals surface area (Å²) in [4.78, 5) is 23.4. The number of ketones is 1. The number of methoxy groups -OCH3 is 1. The molecule has 0 aromatic heterocycles. The van der Waals surface area contributed by atoms with Gasteiger partial charge in [0.25, 0.3) is 0 Å². The quantitative estimate of drug-likeness (QED) is 0.633. The summed E-state index contributed by atoms with van der Waals surface area (Å²) in [6, 6.07) is 15.2. The van der Waals surface area contributed by atoms with Crippen molar-refractivity contribution in [1.82, 2.24) is 0 Å². The van der Waals surface area contributed by atoms with Gasteiger partial charge < -0.3 is 15.2 Å². The Morgan fingerprint density at radius 2 is 1.68 bits per heavy atom. The Labute approximate surface area is 127 Å². The number of carbonyl (C=O) groups is 2. The summed E-state index contributed by atoms with van der Waals surface area (Å²) in [5, 5.41) is 11.9. The molecule has 0 atom stereocenters. The Kier molecular flexibility index (Phi) is 4.93. The van der Waals surface area contributed by atoms with Crippen LogP contribution in [0.2, 0.25) is 0 Å². The van der Waals surface area contributed by atoms with E-state index < -0.39 is 11.8 Å². The summed E-state index contributed by atoms with van der Waals surface area (Å²) in [6.07, 6.45) is 1.07. The van der Waals surface area contributed by atoms with Gasteiger partial charge in [-0.2, -0.15) is 0 Å². The number of allylic oxidation sites excluding steroid dienone is 1. The van der Waals surface area contributed by atoms with E-state index >= 15 is 0 Å². The number of anilines is 1. The first-order valence-corrected chi connectivity index (χ1v) is 6.55. The molecule has 2 N–H and O–H groups in total. The average Bonchev–Trinajstić information content (AvgIpc) is 2.55. The van der Waals surface area contributed by atoms with Crippen molar-refractivity contribution < 1.29 is 19.4 Å². The predicted octanol–water partition coefficient (Wildman–Crippen LogP) is 2.96. The van der Waals surface area contributed by atoms with E-state index in [0.29, 0.717) is 17.0 Å². The van der Waals surface area contributed by atoms with E-state index in [1.165, 1.54) is 7.11 Å². The molecule has 0 heterocycles. The van der Waals surface area contributed by atoms with Crippen LogP contribution < -0.4 is 10.1 Å². The van der Waals surface area contributed by atoms with Gasteiger partial charge in [-0.3, -0.25) is 4.79 Å². The van der Waals surface area contributed by atoms with Gasteiger partial charge in [-0.25, -0.2) is 4.79 Å². The standard InChI is InChI=1S/C17H15NO4/c1-22-14-9-7-12(8-10-14)16(19)11-15(17(20)21)18-13-5-3-2-4-6-13/h2-11,18H,1H3,(H,20,21). The molecule has 5 heteroatoms. The monoisotopic (exact) mass is 297 g/mol. The largest absolute Gasteiger partial charge is 0.497 e. The molecule has 0 saturated carbocycles. The maximum Gasteiger partial charge on any atom is 0.352 e. The van der Waals surface area contributed by atoms with Gasteiger partial charge >= 0.3 is 5.97 Å². The number of carboxylic acid groups (broad SMARTS) is 1. The van der Waals surface area contributed by atoms with Gasteiger partial charge in [0.05, 0.1) is 7.11 Å². The number of nitrogens with one attached hydrogen (secondary N) is 1. The second-order valence-electron chi connectivity index (χ2n) is 4.45. The number of hydrogen-bond donors (Lipinski definition) is 2. The normalized spacial score (nSPS) is 10.9. The van der Waals surface area contributed by atoms with Crippen molar-refractivity contribution in [2.45, 2.75) is 0 Å². The van der Waals surface area contributed by atoms with Crippen LogP contribution in [0.1, 0.15) is 10.4 Å². The van der Waals surface area contributed by atoms with Crippen LogP contribution in [0.5, 0.6) is 5.75 Å². The third-order valence-electron chi connectivity index (χ3n) is 2.93. The molecule has 0 spiro atoms. The maximum atomic E-state index is 12.1. The maximum absolute atomic E-state index is 12.1. The molecule has 2 aromatic rings. The first kappa shape index (κ1) is 15.3. The van der Waals surface area contributed by atoms with Gasteiger partial charge in [-0.1, -0.05) is 18.2 Å². The number of aliphatic carboxylic acids is 1. The van der Waals surface area contributed by atoms with Crippen molar-refractivity contribution >= 4 is 17.4 Å². The SMILES string of the molecule is COc1ccc(C(=O)C=C(Nc2ccccc2)C(=O)O)cc1. The van der Waals surface area contributed by atoms with Gasteiger partial charge in [0.1, 0.15) is 11.4 Å². The number of ether oxygens (including phenoxy) is 1. The number of benzene rings is 2. The molecule has 5 nitrogen and oxygen atoms in total. The molecule has 2 aromatic carbocycles. The number of hydrogen-bond acceptors (Lipinski definition) is 4. The molecular formula is C17H15NO4. The smallest absolute Gasteiger partial charge is 0.352 e. The molecule has 112 valence electrons. The van der Waals surface area contributed by atoms with Crippen molar-refractivity contribution in [2.75, 3.05) is 12.4 Å². The lowest BCUT2D eigenvalue weighted by molar-refractivity contribution is -0.132. The van der Waals surface area contributed by atoms with Gasteiger partial charge in [-0.05, 0) is 36.4 Å². The third kappa shape index (κ3) is 3.96. The minimum Gasteiger partial charge on any atom is -0.497 e. The van der Waals surface area contributed by atoms with Crippen molar-refractivity contribution in [1.29, 1.82) is 0 Å². The fraction of sp³-hybridized carbons (Fsp3) is 0.0588.